The zero-order valence-corrected chi connectivity index (χ0v) is 12.9. The van der Waals surface area contributed by atoms with E-state index in [4.69, 9.17) is 9.47 Å². The van der Waals surface area contributed by atoms with Crippen LogP contribution < -0.4 is 9.47 Å². The van der Waals surface area contributed by atoms with Crippen LogP contribution in [0.3, 0.4) is 0 Å². The molecule has 0 unspecified atom stereocenters. The van der Waals surface area contributed by atoms with Gasteiger partial charge in [-0.3, -0.25) is 4.79 Å². The summed E-state index contributed by atoms with van der Waals surface area (Å²) in [4.78, 5) is 13.2. The fourth-order valence-electron chi connectivity index (χ4n) is 1.87. The minimum Gasteiger partial charge on any atom is -0.486 e. The summed E-state index contributed by atoms with van der Waals surface area (Å²) in [5.41, 5.74) is 0.598. The molecule has 0 amide bonds. The largest absolute Gasteiger partial charge is 0.486 e. The molecule has 102 valence electrons. The Morgan fingerprint density at radius 2 is 1.95 bits per heavy atom. The molecule has 1 aliphatic rings. The Hall–Kier alpha value is -1.59. The number of rotatable bonds is 3. The maximum atomic E-state index is 12.1. The molecule has 0 aliphatic carbocycles. The van der Waals surface area contributed by atoms with Gasteiger partial charge in [-0.05, 0) is 58.4 Å². The average Bonchev–Trinajstić information content (AvgIpc) is 2.90. The highest BCUT2D eigenvalue weighted by Crippen LogP contribution is 2.31. The van der Waals surface area contributed by atoms with E-state index in [2.05, 4.69) is 15.9 Å². The number of carbonyl (C=O) groups excluding carboxylic acids is 1. The summed E-state index contributed by atoms with van der Waals surface area (Å²) in [5.74, 6) is 1.28. The summed E-state index contributed by atoms with van der Waals surface area (Å²) in [6.45, 7) is 1.07. The van der Waals surface area contributed by atoms with Gasteiger partial charge in [0, 0.05) is 10.4 Å². The first-order chi connectivity index (χ1) is 9.72. The molecule has 1 aromatic carbocycles. The molecule has 0 atom stereocenters. The third kappa shape index (κ3) is 2.94. The normalized spacial score (nSPS) is 13.7. The first kappa shape index (κ1) is 13.4. The number of fused-ring (bicyclic) bond motifs is 1. The monoisotopic (exact) mass is 350 g/mol. The highest BCUT2D eigenvalue weighted by Gasteiger charge is 2.13. The van der Waals surface area contributed by atoms with Crippen molar-refractivity contribution in [3.05, 3.63) is 50.6 Å². The van der Waals surface area contributed by atoms with Crippen molar-refractivity contribution in [2.45, 2.75) is 0 Å². The second-order valence-corrected chi connectivity index (χ2v) is 6.69. The Balaban J connectivity index is 1.78. The van der Waals surface area contributed by atoms with E-state index in [1.54, 1.807) is 35.6 Å². The van der Waals surface area contributed by atoms with Gasteiger partial charge in [0.25, 0.3) is 0 Å². The summed E-state index contributed by atoms with van der Waals surface area (Å²) >= 11 is 4.98. The Morgan fingerprint density at radius 1 is 1.15 bits per heavy atom. The van der Waals surface area contributed by atoms with Crippen LogP contribution in [0.25, 0.3) is 6.08 Å². The summed E-state index contributed by atoms with van der Waals surface area (Å²) in [6, 6.07) is 9.18. The minimum atomic E-state index is -0.0495. The topological polar surface area (TPSA) is 35.5 Å². The van der Waals surface area contributed by atoms with Gasteiger partial charge in [0.15, 0.2) is 17.3 Å². The van der Waals surface area contributed by atoms with Gasteiger partial charge < -0.3 is 9.47 Å². The van der Waals surface area contributed by atoms with Crippen molar-refractivity contribution in [2.24, 2.45) is 0 Å². The lowest BCUT2D eigenvalue weighted by Crippen LogP contribution is -2.15. The molecule has 1 aliphatic heterocycles. The molecular formula is C15H11BrO3S. The fourth-order valence-corrected chi connectivity index (χ4v) is 3.19. The summed E-state index contributed by atoms with van der Waals surface area (Å²) in [6.07, 6.45) is 3.39. The number of ether oxygens (including phenoxy) is 2. The summed E-state index contributed by atoms with van der Waals surface area (Å²) in [5, 5.41) is 0. The number of hydrogen-bond donors (Lipinski definition) is 0. The number of benzene rings is 1. The second kappa shape index (κ2) is 5.81. The van der Waals surface area contributed by atoms with Crippen LogP contribution in [0.4, 0.5) is 0 Å². The molecular weight excluding hydrogens is 340 g/mol. The van der Waals surface area contributed by atoms with Gasteiger partial charge >= 0.3 is 0 Å². The SMILES string of the molecule is O=C(/C=C/c1ccc(Br)s1)c1ccc2c(c1)OCCO2. The van der Waals surface area contributed by atoms with E-state index in [0.717, 1.165) is 8.66 Å². The number of ketones is 1. The number of thiophene rings is 1. The number of carbonyl (C=O) groups is 1. The molecule has 0 saturated carbocycles. The maximum absolute atomic E-state index is 12.1. The van der Waals surface area contributed by atoms with Crippen LogP contribution in [0, 0.1) is 0 Å². The third-order valence-electron chi connectivity index (χ3n) is 2.82. The van der Waals surface area contributed by atoms with Crippen LogP contribution in [0.2, 0.25) is 0 Å². The Labute approximate surface area is 129 Å². The van der Waals surface area contributed by atoms with Gasteiger partial charge in [-0.15, -0.1) is 11.3 Å². The van der Waals surface area contributed by atoms with Crippen molar-refractivity contribution < 1.29 is 14.3 Å². The predicted octanol–water partition coefficient (Wildman–Crippen LogP) is 4.18. The molecule has 0 spiro atoms. The van der Waals surface area contributed by atoms with E-state index in [1.165, 1.54) is 0 Å². The van der Waals surface area contributed by atoms with Crippen LogP contribution in [-0.2, 0) is 0 Å². The zero-order chi connectivity index (χ0) is 13.9. The Bertz CT molecular complexity index is 676. The average molecular weight is 351 g/mol. The molecule has 5 heteroatoms. The fraction of sp³-hybridized carbons (Fsp3) is 0.133. The number of hydrogen-bond acceptors (Lipinski definition) is 4. The highest BCUT2D eigenvalue weighted by molar-refractivity contribution is 9.11. The van der Waals surface area contributed by atoms with Crippen molar-refractivity contribution in [1.82, 2.24) is 0 Å². The lowest BCUT2D eigenvalue weighted by molar-refractivity contribution is 0.104. The number of halogens is 1. The molecule has 1 aromatic heterocycles. The van der Waals surface area contributed by atoms with Crippen LogP contribution in [-0.4, -0.2) is 19.0 Å². The second-order valence-electron chi connectivity index (χ2n) is 4.20. The van der Waals surface area contributed by atoms with Gasteiger partial charge in [-0.2, -0.15) is 0 Å². The van der Waals surface area contributed by atoms with E-state index in [9.17, 15) is 4.79 Å². The van der Waals surface area contributed by atoms with Gasteiger partial charge in [0.2, 0.25) is 0 Å². The Morgan fingerprint density at radius 3 is 2.70 bits per heavy atom. The molecule has 0 bridgehead atoms. The molecule has 2 heterocycles. The number of allylic oxidation sites excluding steroid dienone is 1. The third-order valence-corrected chi connectivity index (χ3v) is 4.41. The van der Waals surface area contributed by atoms with Crippen LogP contribution in [0.15, 0.2) is 40.2 Å². The highest BCUT2D eigenvalue weighted by atomic mass is 79.9. The van der Waals surface area contributed by atoms with Crippen LogP contribution >= 0.6 is 27.3 Å². The van der Waals surface area contributed by atoms with Crippen LogP contribution in [0.5, 0.6) is 11.5 Å². The van der Waals surface area contributed by atoms with Crippen molar-refractivity contribution in [3.63, 3.8) is 0 Å². The van der Waals surface area contributed by atoms with Crippen molar-refractivity contribution in [1.29, 1.82) is 0 Å². The van der Waals surface area contributed by atoms with E-state index < -0.39 is 0 Å². The molecule has 20 heavy (non-hydrogen) atoms. The quantitative estimate of drug-likeness (QED) is 0.615. The van der Waals surface area contributed by atoms with Crippen molar-refractivity contribution in [2.75, 3.05) is 13.2 Å². The molecule has 3 rings (SSSR count). The van der Waals surface area contributed by atoms with Crippen LogP contribution in [0.1, 0.15) is 15.2 Å². The van der Waals surface area contributed by atoms with E-state index in [0.29, 0.717) is 30.3 Å². The molecule has 2 aromatic rings. The summed E-state index contributed by atoms with van der Waals surface area (Å²) in [7, 11) is 0. The first-order valence-corrected chi connectivity index (χ1v) is 7.71. The first-order valence-electron chi connectivity index (χ1n) is 6.10. The standard InChI is InChI=1S/C15H11BrO3S/c16-15-6-3-11(20-15)2-4-12(17)10-1-5-13-14(9-10)19-8-7-18-13/h1-6,9H,7-8H2/b4-2+. The minimum absolute atomic E-state index is 0.0495. The lowest BCUT2D eigenvalue weighted by Gasteiger charge is -2.18. The van der Waals surface area contributed by atoms with Gasteiger partial charge in [0.05, 0.1) is 3.79 Å². The molecule has 0 N–H and O–H groups in total. The van der Waals surface area contributed by atoms with Gasteiger partial charge in [0.1, 0.15) is 13.2 Å². The summed E-state index contributed by atoms with van der Waals surface area (Å²) < 4.78 is 12.0. The molecule has 0 radical (unpaired) electrons. The smallest absolute Gasteiger partial charge is 0.186 e. The maximum Gasteiger partial charge on any atom is 0.186 e. The van der Waals surface area contributed by atoms with Gasteiger partial charge in [-0.1, -0.05) is 0 Å². The molecule has 0 fully saturated rings. The molecule has 0 saturated heterocycles. The van der Waals surface area contributed by atoms with Gasteiger partial charge in [-0.25, -0.2) is 0 Å². The van der Waals surface area contributed by atoms with Crippen molar-refractivity contribution in [3.8, 4) is 11.5 Å². The van der Waals surface area contributed by atoms with E-state index in [1.807, 2.05) is 18.2 Å². The van der Waals surface area contributed by atoms with Crippen molar-refractivity contribution >= 4 is 39.1 Å². The lowest BCUT2D eigenvalue weighted by atomic mass is 10.1. The van der Waals surface area contributed by atoms with E-state index >= 15 is 0 Å². The van der Waals surface area contributed by atoms with E-state index in [-0.39, 0.29) is 5.78 Å². The Kier molecular flexibility index (Phi) is 3.89. The predicted molar refractivity (Wildman–Crippen MR) is 82.8 cm³/mol. The molecule has 3 nitrogen and oxygen atoms in total. The zero-order valence-electron chi connectivity index (χ0n) is 10.5.